The first kappa shape index (κ1) is 26.1. The number of pyridine rings is 1. The molecule has 5 rings (SSSR count). The number of nitrogens with zero attached hydrogens (tertiary/aromatic N) is 1. The van der Waals surface area contributed by atoms with Crippen LogP contribution < -0.4 is 10.3 Å². The Morgan fingerprint density at radius 1 is 1.29 bits per heavy atom. The number of rotatable bonds is 8. The molecule has 1 aliphatic heterocycles. The number of carbonyl (C=O) groups is 3. The van der Waals surface area contributed by atoms with E-state index >= 15 is 0 Å². The van der Waals surface area contributed by atoms with E-state index in [1.165, 1.54) is 13.0 Å². The van der Waals surface area contributed by atoms with Gasteiger partial charge in [0.15, 0.2) is 23.8 Å². The largest absolute Gasteiger partial charge is 0.506 e. The molecule has 3 N–H and O–H groups in total. The van der Waals surface area contributed by atoms with E-state index in [0.717, 1.165) is 37.3 Å². The number of halogens is 1. The molecule has 200 valence electrons. The number of benzene rings is 1. The van der Waals surface area contributed by atoms with Gasteiger partial charge >= 0.3 is 5.97 Å². The standard InChI is InChI=1S/C26H26FN3O7S/c1-3-36-26(35)11(2)37-22-17(31)10-16-23(21(22)33)38-30-24(28-16)18-20(32)15-9-14(27)8-13(7-6-12-4-5-12)19(15)29-25(18)34/h8-9,11-12,22H,3-7,10H2,1-2H3,(H,28,30)(H2,29,32,34)/t11-,22?/m1/s1. The summed E-state index contributed by atoms with van der Waals surface area (Å²) in [4.78, 5) is 57.8. The summed E-state index contributed by atoms with van der Waals surface area (Å²) >= 11 is 0.820. The first-order valence-electron chi connectivity index (χ1n) is 12.4. The van der Waals surface area contributed by atoms with Crippen LogP contribution in [-0.4, -0.2) is 52.3 Å². The lowest BCUT2D eigenvalue weighted by molar-refractivity contribution is -0.163. The quantitative estimate of drug-likeness (QED) is 0.260. The van der Waals surface area contributed by atoms with Crippen LogP contribution in [0.5, 0.6) is 5.75 Å². The highest BCUT2D eigenvalue weighted by atomic mass is 32.2. The first-order valence-corrected chi connectivity index (χ1v) is 13.2. The van der Waals surface area contributed by atoms with Gasteiger partial charge in [-0.05, 0) is 62.3 Å². The molecule has 10 nitrogen and oxygen atoms in total. The summed E-state index contributed by atoms with van der Waals surface area (Å²) in [5.74, 6) is -2.43. The van der Waals surface area contributed by atoms with Crippen molar-refractivity contribution in [3.8, 4) is 5.75 Å². The van der Waals surface area contributed by atoms with Gasteiger partial charge in [-0.3, -0.25) is 14.4 Å². The summed E-state index contributed by atoms with van der Waals surface area (Å²) in [6, 6.07) is 2.51. The van der Waals surface area contributed by atoms with Gasteiger partial charge in [0.05, 0.1) is 29.1 Å². The van der Waals surface area contributed by atoms with Crippen molar-refractivity contribution < 1.29 is 33.4 Å². The average molecular weight is 544 g/mol. The van der Waals surface area contributed by atoms with Crippen molar-refractivity contribution in [2.45, 2.75) is 58.2 Å². The van der Waals surface area contributed by atoms with E-state index in [2.05, 4.69) is 14.7 Å². The third-order valence-electron chi connectivity index (χ3n) is 6.71. The number of aliphatic imine (C=N–C) groups is 1. The second kappa shape index (κ2) is 10.3. The molecule has 1 saturated carbocycles. The second-order valence-electron chi connectivity index (χ2n) is 9.51. The van der Waals surface area contributed by atoms with E-state index in [-0.39, 0.29) is 40.4 Å². The topological polar surface area (TPSA) is 147 Å². The maximum Gasteiger partial charge on any atom is 0.334 e. The highest BCUT2D eigenvalue weighted by Crippen LogP contribution is 2.37. The van der Waals surface area contributed by atoms with Crippen LogP contribution in [0.4, 0.5) is 4.39 Å². The van der Waals surface area contributed by atoms with Crippen molar-refractivity contribution in [1.82, 2.24) is 9.71 Å². The maximum absolute atomic E-state index is 14.4. The summed E-state index contributed by atoms with van der Waals surface area (Å²) in [6.07, 6.45) is 0.820. The molecule has 12 heteroatoms. The monoisotopic (exact) mass is 543 g/mol. The van der Waals surface area contributed by atoms with Crippen molar-refractivity contribution in [3.63, 3.8) is 0 Å². The van der Waals surface area contributed by atoms with Crippen LogP contribution >= 0.6 is 11.9 Å². The molecule has 0 saturated heterocycles. The summed E-state index contributed by atoms with van der Waals surface area (Å²) < 4.78 is 27.5. The Hall–Kier alpha value is -3.51. The van der Waals surface area contributed by atoms with Crippen molar-refractivity contribution in [1.29, 1.82) is 0 Å². The van der Waals surface area contributed by atoms with E-state index in [1.54, 1.807) is 6.92 Å². The lowest BCUT2D eigenvalue weighted by Gasteiger charge is -2.27. The Balaban J connectivity index is 1.47. The third kappa shape index (κ3) is 4.97. The van der Waals surface area contributed by atoms with Crippen molar-refractivity contribution in [3.05, 3.63) is 50.0 Å². The van der Waals surface area contributed by atoms with Gasteiger partial charge in [0, 0.05) is 5.39 Å². The Labute approximate surface area is 220 Å². The smallest absolute Gasteiger partial charge is 0.334 e. The lowest BCUT2D eigenvalue weighted by Crippen LogP contribution is -2.43. The fourth-order valence-electron chi connectivity index (χ4n) is 4.57. The molecular formula is C26H26FN3O7S. The number of aromatic hydroxyl groups is 1. The minimum atomic E-state index is -1.49. The number of hydrogen-bond donors (Lipinski definition) is 3. The zero-order valence-electron chi connectivity index (χ0n) is 20.8. The minimum Gasteiger partial charge on any atom is -0.506 e. The summed E-state index contributed by atoms with van der Waals surface area (Å²) in [6.45, 7) is 3.14. The third-order valence-corrected chi connectivity index (χ3v) is 7.65. The molecule has 1 fully saturated rings. The zero-order valence-corrected chi connectivity index (χ0v) is 21.6. The SMILES string of the molecule is CCOC(=O)[C@@H](C)OC1C(=O)CC2=C(SNC(c3c(O)c4cc(F)cc(CCC5CC5)c4[nH]c3=O)=N2)C1=O. The lowest BCUT2D eigenvalue weighted by atomic mass is 9.98. The number of hydrogen-bond acceptors (Lipinski definition) is 10. The van der Waals surface area contributed by atoms with Crippen LogP contribution in [0.25, 0.3) is 10.9 Å². The number of amidine groups is 1. The predicted octanol–water partition coefficient (Wildman–Crippen LogP) is 2.80. The fraction of sp³-hybridized carbons (Fsp3) is 0.423. The molecule has 0 radical (unpaired) electrons. The normalized spacial score (nSPS) is 20.2. The van der Waals surface area contributed by atoms with Gasteiger partial charge in [0.1, 0.15) is 17.1 Å². The highest BCUT2D eigenvalue weighted by Gasteiger charge is 2.41. The molecule has 2 heterocycles. The molecule has 0 spiro atoms. The zero-order chi connectivity index (χ0) is 27.1. The Bertz CT molecular complexity index is 1480. The number of ether oxygens (including phenoxy) is 2. The van der Waals surface area contributed by atoms with Crippen LogP contribution in [-0.2, 0) is 30.3 Å². The fourth-order valence-corrected chi connectivity index (χ4v) is 5.35. The molecule has 1 aromatic heterocycles. The molecule has 1 aromatic carbocycles. The molecule has 0 bridgehead atoms. The molecular weight excluding hydrogens is 517 g/mol. The number of H-pyrrole nitrogens is 1. The molecule has 3 aliphatic rings. The number of ketones is 2. The number of aryl methyl sites for hydroxylation is 1. The Morgan fingerprint density at radius 2 is 2.05 bits per heavy atom. The summed E-state index contributed by atoms with van der Waals surface area (Å²) in [5, 5.41) is 11.2. The van der Waals surface area contributed by atoms with Gasteiger partial charge in [-0.1, -0.05) is 12.8 Å². The number of carbonyl (C=O) groups excluding carboxylic acids is 3. The average Bonchev–Trinajstić information content (AvgIpc) is 3.70. The van der Waals surface area contributed by atoms with Crippen LogP contribution in [0.1, 0.15) is 50.7 Å². The van der Waals surface area contributed by atoms with Crippen LogP contribution in [0.2, 0.25) is 0 Å². The van der Waals surface area contributed by atoms with Crippen LogP contribution in [0, 0.1) is 11.7 Å². The van der Waals surface area contributed by atoms with E-state index < -0.39 is 46.9 Å². The molecule has 2 aliphatic carbocycles. The number of aromatic amines is 1. The highest BCUT2D eigenvalue weighted by molar-refractivity contribution is 8.02. The number of aromatic nitrogens is 1. The number of esters is 1. The second-order valence-corrected chi connectivity index (χ2v) is 10.3. The van der Waals surface area contributed by atoms with Crippen LogP contribution in [0.15, 0.2) is 32.5 Å². The molecule has 38 heavy (non-hydrogen) atoms. The van der Waals surface area contributed by atoms with Gasteiger partial charge in [-0.2, -0.15) is 0 Å². The Kier molecular flexibility index (Phi) is 7.10. The van der Waals surface area contributed by atoms with Gasteiger partial charge < -0.3 is 24.3 Å². The van der Waals surface area contributed by atoms with E-state index in [9.17, 15) is 28.7 Å². The van der Waals surface area contributed by atoms with Gasteiger partial charge in [-0.15, -0.1) is 0 Å². The summed E-state index contributed by atoms with van der Waals surface area (Å²) in [7, 11) is 0. The van der Waals surface area contributed by atoms with Crippen LogP contribution in [0.3, 0.4) is 0 Å². The Morgan fingerprint density at radius 3 is 2.76 bits per heavy atom. The van der Waals surface area contributed by atoms with Gasteiger partial charge in [-0.25, -0.2) is 14.2 Å². The first-order chi connectivity index (χ1) is 18.2. The number of nitrogens with one attached hydrogen (secondary N) is 2. The van der Waals surface area contributed by atoms with E-state index in [4.69, 9.17) is 9.47 Å². The molecule has 0 amide bonds. The van der Waals surface area contributed by atoms with Gasteiger partial charge in [0.25, 0.3) is 5.56 Å². The predicted molar refractivity (Wildman–Crippen MR) is 137 cm³/mol. The molecule has 2 aromatic rings. The van der Waals surface area contributed by atoms with Crippen molar-refractivity contribution in [2.75, 3.05) is 6.61 Å². The number of fused-ring (bicyclic) bond motifs is 1. The van der Waals surface area contributed by atoms with E-state index in [1.807, 2.05) is 0 Å². The minimum absolute atomic E-state index is 0.0712. The van der Waals surface area contributed by atoms with E-state index in [0.29, 0.717) is 23.4 Å². The number of Topliss-reactive ketones (excluding diaryl/α,β-unsaturated/α-hetero) is 2. The van der Waals surface area contributed by atoms with Crippen molar-refractivity contribution >= 4 is 46.2 Å². The number of allylic oxidation sites excluding steroid dienone is 1. The maximum atomic E-state index is 14.4. The van der Waals surface area contributed by atoms with Gasteiger partial charge in [0.2, 0.25) is 5.78 Å². The molecule has 2 atom stereocenters. The summed E-state index contributed by atoms with van der Waals surface area (Å²) in [5.41, 5.74) is 0.189. The molecule has 1 unspecified atom stereocenters. The van der Waals surface area contributed by atoms with Crippen molar-refractivity contribution in [2.24, 2.45) is 10.9 Å².